The van der Waals surface area contributed by atoms with E-state index in [4.69, 9.17) is 5.11 Å². The number of alkyl halides is 2. The van der Waals surface area contributed by atoms with Gasteiger partial charge in [-0.15, -0.1) is 0 Å². The molecule has 0 aromatic heterocycles. The predicted molar refractivity (Wildman–Crippen MR) is 78.0 cm³/mol. The zero-order chi connectivity index (χ0) is 14.3. The fraction of sp³-hybridized carbons (Fsp3) is 0.800. The van der Waals surface area contributed by atoms with Gasteiger partial charge in [-0.05, 0) is 43.6 Å². The first kappa shape index (κ1) is 19.9. The molecule has 0 heterocycles. The van der Waals surface area contributed by atoms with Crippen LogP contribution in [0, 0.1) is 0 Å². The minimum atomic E-state index is -0.651. The third-order valence-electron chi connectivity index (χ3n) is 1.28. The average Bonchev–Trinajstić information content (AvgIpc) is 2.11. The number of aliphatic hydroxyl groups excluding tert-OH is 1. The largest absolute Gasteiger partial charge is 0.462 e. The van der Waals surface area contributed by atoms with Crippen molar-refractivity contribution >= 4 is 58.5 Å². The number of halogens is 3. The smallest absolute Gasteiger partial charge is 0.322 e. The first-order valence-electron chi connectivity index (χ1n) is 4.78. The molecule has 0 rings (SSSR count). The lowest BCUT2D eigenvalue weighted by Crippen LogP contribution is -2.27. The Kier molecular flexibility index (Phi) is 10.1. The second-order valence-electron chi connectivity index (χ2n) is 4.08. The third kappa shape index (κ3) is 12.8. The van der Waals surface area contributed by atoms with E-state index >= 15 is 0 Å². The van der Waals surface area contributed by atoms with E-state index in [0.717, 1.165) is 0 Å². The lowest BCUT2D eigenvalue weighted by atomic mass is 10.2. The topological polar surface area (TPSA) is 63.6 Å². The Labute approximate surface area is 127 Å². The molecule has 0 atom stereocenters. The van der Waals surface area contributed by atoms with Gasteiger partial charge < -0.3 is 9.84 Å². The molecule has 102 valence electrons. The Bertz CT molecular complexity index is 253. The van der Waals surface area contributed by atoms with Crippen molar-refractivity contribution in [1.29, 1.82) is 0 Å². The van der Waals surface area contributed by atoms with Crippen LogP contribution < -0.4 is 0 Å². The van der Waals surface area contributed by atoms with Crippen LogP contribution in [0.15, 0.2) is 0 Å². The van der Waals surface area contributed by atoms with Gasteiger partial charge in [0.2, 0.25) is 4.69 Å². The third-order valence-corrected chi connectivity index (χ3v) is 3.48. The highest BCUT2D eigenvalue weighted by Crippen LogP contribution is 2.19. The maximum atomic E-state index is 10.8. The van der Waals surface area contributed by atoms with Crippen LogP contribution in [-0.4, -0.2) is 37.6 Å². The monoisotopic (exact) mass is 438 g/mol. The molecule has 0 fully saturated rings. The molecule has 17 heavy (non-hydrogen) atoms. The summed E-state index contributed by atoms with van der Waals surface area (Å²) in [6.45, 7) is 6.87. The number of carbonyl (C=O) groups excluding carboxylic acids is 2. The maximum Gasteiger partial charge on any atom is 0.322 e. The standard InChI is InChI=1S/C6H11BrO3.C4H6Br2O/c1-6(2,7)5(9)10-4-3-8;1-4(2,6)3(5)7/h8H,3-4H2,1-2H3;1-2H3. The molecular weight excluding hydrogens is 424 g/mol. The van der Waals surface area contributed by atoms with E-state index in [1.807, 2.05) is 0 Å². The molecule has 0 aromatic carbocycles. The fourth-order valence-corrected chi connectivity index (χ4v) is 0.424. The number of hydrogen-bond donors (Lipinski definition) is 1. The number of carbonyl (C=O) groups is 2. The summed E-state index contributed by atoms with van der Waals surface area (Å²) in [5, 5.41) is 8.29. The van der Waals surface area contributed by atoms with Gasteiger partial charge in [0.1, 0.15) is 10.9 Å². The predicted octanol–water partition coefficient (Wildman–Crippen LogP) is 2.78. The maximum absolute atomic E-state index is 10.8. The number of esters is 1. The molecule has 0 radical (unpaired) electrons. The van der Waals surface area contributed by atoms with Crippen LogP contribution in [0.4, 0.5) is 0 Å². The Balaban J connectivity index is 0. The van der Waals surface area contributed by atoms with Crippen LogP contribution in [0.25, 0.3) is 0 Å². The van der Waals surface area contributed by atoms with Crippen molar-refractivity contribution in [3.8, 4) is 0 Å². The van der Waals surface area contributed by atoms with Gasteiger partial charge in [-0.3, -0.25) is 9.59 Å². The molecule has 4 nitrogen and oxygen atoms in total. The summed E-state index contributed by atoms with van der Waals surface area (Å²) in [6.07, 6.45) is 0. The van der Waals surface area contributed by atoms with Crippen molar-refractivity contribution in [2.75, 3.05) is 13.2 Å². The Hall–Kier alpha value is 0.540. The van der Waals surface area contributed by atoms with Crippen LogP contribution in [0.3, 0.4) is 0 Å². The highest BCUT2D eigenvalue weighted by Gasteiger charge is 2.24. The van der Waals surface area contributed by atoms with Gasteiger partial charge in [0.05, 0.1) is 10.9 Å². The van der Waals surface area contributed by atoms with Gasteiger partial charge in [0.15, 0.2) is 0 Å². The minimum Gasteiger partial charge on any atom is -0.462 e. The zero-order valence-electron chi connectivity index (χ0n) is 10.2. The number of aliphatic hydroxyl groups is 1. The van der Waals surface area contributed by atoms with Gasteiger partial charge in [0, 0.05) is 0 Å². The number of ether oxygens (including phenoxy) is 1. The molecular formula is C10H17Br3O4. The lowest BCUT2D eigenvalue weighted by molar-refractivity contribution is -0.146. The SMILES string of the molecule is CC(C)(Br)C(=O)Br.CC(C)(Br)C(=O)OCCO. The molecule has 0 unspecified atom stereocenters. The van der Waals surface area contributed by atoms with Crippen molar-refractivity contribution < 1.29 is 19.4 Å². The normalized spacial score (nSPS) is 11.3. The molecule has 0 aliphatic heterocycles. The quantitative estimate of drug-likeness (QED) is 0.415. The summed E-state index contributed by atoms with van der Waals surface area (Å²) in [6, 6.07) is 0. The van der Waals surface area contributed by atoms with Crippen molar-refractivity contribution in [1.82, 2.24) is 0 Å². The van der Waals surface area contributed by atoms with Crippen molar-refractivity contribution in [3.63, 3.8) is 0 Å². The van der Waals surface area contributed by atoms with Crippen molar-refractivity contribution in [2.45, 2.75) is 36.3 Å². The molecule has 0 spiro atoms. The summed E-state index contributed by atoms with van der Waals surface area (Å²) < 4.78 is 3.53. The van der Waals surface area contributed by atoms with Crippen molar-refractivity contribution in [2.24, 2.45) is 0 Å². The molecule has 0 aromatic rings. The Morgan fingerprint density at radius 2 is 1.47 bits per heavy atom. The fourth-order valence-electron chi connectivity index (χ4n) is 0.310. The summed E-state index contributed by atoms with van der Waals surface area (Å²) in [4.78, 5) is 21.2. The lowest BCUT2D eigenvalue weighted by Gasteiger charge is -2.13. The molecule has 0 amide bonds. The second kappa shape index (κ2) is 8.61. The summed E-state index contributed by atoms with van der Waals surface area (Å²) >= 11 is 9.07. The van der Waals surface area contributed by atoms with Gasteiger partial charge in [-0.2, -0.15) is 0 Å². The van der Waals surface area contributed by atoms with E-state index in [1.165, 1.54) is 0 Å². The molecule has 0 aliphatic rings. The van der Waals surface area contributed by atoms with E-state index in [-0.39, 0.29) is 23.9 Å². The number of rotatable bonds is 4. The van der Waals surface area contributed by atoms with Crippen LogP contribution in [0.5, 0.6) is 0 Å². The van der Waals surface area contributed by atoms with E-state index in [0.29, 0.717) is 0 Å². The minimum absolute atomic E-state index is 0.0278. The highest BCUT2D eigenvalue weighted by molar-refractivity contribution is 9.20. The molecule has 0 aliphatic carbocycles. The van der Waals surface area contributed by atoms with Gasteiger partial charge in [-0.1, -0.05) is 31.9 Å². The highest BCUT2D eigenvalue weighted by atomic mass is 79.9. The van der Waals surface area contributed by atoms with Gasteiger partial charge in [0.25, 0.3) is 0 Å². The van der Waals surface area contributed by atoms with Crippen LogP contribution >= 0.6 is 47.8 Å². The first-order valence-corrected chi connectivity index (χ1v) is 7.16. The van der Waals surface area contributed by atoms with Crippen molar-refractivity contribution in [3.05, 3.63) is 0 Å². The Morgan fingerprint density at radius 3 is 1.65 bits per heavy atom. The summed E-state index contributed by atoms with van der Waals surface area (Å²) in [5.74, 6) is -0.360. The van der Waals surface area contributed by atoms with Crippen LogP contribution in [0.1, 0.15) is 27.7 Å². The molecule has 0 bridgehead atoms. The average molecular weight is 441 g/mol. The molecule has 0 saturated carbocycles. The Morgan fingerprint density at radius 1 is 1.12 bits per heavy atom. The van der Waals surface area contributed by atoms with E-state index in [9.17, 15) is 9.59 Å². The molecule has 1 N–H and O–H groups in total. The zero-order valence-corrected chi connectivity index (χ0v) is 15.0. The second-order valence-corrected chi connectivity index (χ2v) is 8.76. The van der Waals surface area contributed by atoms with E-state index in [2.05, 4.69) is 52.5 Å². The molecule has 0 saturated heterocycles. The van der Waals surface area contributed by atoms with E-state index in [1.54, 1.807) is 27.7 Å². The molecule has 7 heteroatoms. The number of hydrogen-bond acceptors (Lipinski definition) is 4. The van der Waals surface area contributed by atoms with Gasteiger partial charge >= 0.3 is 5.97 Å². The van der Waals surface area contributed by atoms with Crippen LogP contribution in [0.2, 0.25) is 0 Å². The van der Waals surface area contributed by atoms with Crippen LogP contribution in [-0.2, 0) is 14.3 Å². The summed E-state index contributed by atoms with van der Waals surface area (Å²) in [5.41, 5.74) is 0. The van der Waals surface area contributed by atoms with Gasteiger partial charge in [-0.25, -0.2) is 0 Å². The summed E-state index contributed by atoms with van der Waals surface area (Å²) in [7, 11) is 0. The van der Waals surface area contributed by atoms with E-state index < -0.39 is 8.65 Å². The first-order chi connectivity index (χ1) is 7.42.